The van der Waals surface area contributed by atoms with Crippen molar-refractivity contribution in [3.8, 4) is 6.07 Å². The van der Waals surface area contributed by atoms with Gasteiger partial charge in [0.05, 0.1) is 16.9 Å². The van der Waals surface area contributed by atoms with E-state index in [0.717, 1.165) is 60.8 Å². The van der Waals surface area contributed by atoms with Crippen molar-refractivity contribution >= 4 is 23.5 Å². The molecule has 1 aliphatic rings. The number of carbonyl (C=O) groups is 1. The molecule has 0 fully saturated rings. The molecule has 0 saturated heterocycles. The Morgan fingerprint density at radius 3 is 2.69 bits per heavy atom. The maximum absolute atomic E-state index is 12.6. The Bertz CT molecular complexity index is 1030. The largest absolute Gasteiger partial charge is 0.417 e. The van der Waals surface area contributed by atoms with E-state index in [0.29, 0.717) is 22.7 Å². The van der Waals surface area contributed by atoms with Crippen LogP contribution in [-0.2, 0) is 23.8 Å². The first-order valence-corrected chi connectivity index (χ1v) is 11.4. The Morgan fingerprint density at radius 1 is 1.34 bits per heavy atom. The van der Waals surface area contributed by atoms with Gasteiger partial charge in [0.25, 0.3) is 0 Å². The fourth-order valence-corrected chi connectivity index (χ4v) is 4.51. The Balaban J connectivity index is 1.65. The third-order valence-corrected chi connectivity index (χ3v) is 7.18. The second-order valence-electron chi connectivity index (χ2n) is 8.61. The predicted molar refractivity (Wildman–Crippen MR) is 117 cm³/mol. The standard InChI is InChI=1S/C23H25F3N4OS/c1-4-22(2,3)16-5-7-18-14(10-16)9-15(11-27)21(29-18)32-13-20(31)30-19-8-6-17(12-28-19)23(24,25)26/h6,8-9,12,16H,4-5,7,10,13H2,1-3H3,(H,28,30,31). The lowest BCUT2D eigenvalue weighted by Crippen LogP contribution is -2.29. The summed E-state index contributed by atoms with van der Waals surface area (Å²) in [5, 5.41) is 12.5. The summed E-state index contributed by atoms with van der Waals surface area (Å²) in [5.74, 6) is 0.102. The molecule has 3 rings (SSSR count). The van der Waals surface area contributed by atoms with Gasteiger partial charge in [-0.25, -0.2) is 9.97 Å². The van der Waals surface area contributed by atoms with Crippen molar-refractivity contribution < 1.29 is 18.0 Å². The number of aryl methyl sites for hydroxylation is 1. The number of thioether (sulfide) groups is 1. The van der Waals surface area contributed by atoms with Gasteiger partial charge in [0.15, 0.2) is 0 Å². The summed E-state index contributed by atoms with van der Waals surface area (Å²) in [4.78, 5) is 20.5. The first kappa shape index (κ1) is 24.1. The van der Waals surface area contributed by atoms with E-state index in [4.69, 9.17) is 0 Å². The number of halogens is 3. The molecule has 5 nitrogen and oxygen atoms in total. The number of anilines is 1. The molecule has 1 aliphatic carbocycles. The molecule has 1 atom stereocenters. The topological polar surface area (TPSA) is 78.7 Å². The van der Waals surface area contributed by atoms with E-state index >= 15 is 0 Å². The number of rotatable bonds is 6. The molecule has 9 heteroatoms. The van der Waals surface area contributed by atoms with Crippen molar-refractivity contribution in [1.82, 2.24) is 9.97 Å². The number of pyridine rings is 2. The summed E-state index contributed by atoms with van der Waals surface area (Å²) in [6.07, 6.45) is 0.0464. The lowest BCUT2D eigenvalue weighted by molar-refractivity contribution is -0.137. The predicted octanol–water partition coefficient (Wildman–Crippen LogP) is 5.64. The van der Waals surface area contributed by atoms with E-state index in [1.807, 2.05) is 6.07 Å². The number of nitriles is 1. The van der Waals surface area contributed by atoms with E-state index in [1.54, 1.807) is 0 Å². The minimum atomic E-state index is -4.48. The van der Waals surface area contributed by atoms with Crippen LogP contribution in [-0.4, -0.2) is 21.6 Å². The van der Waals surface area contributed by atoms with E-state index in [1.165, 1.54) is 0 Å². The van der Waals surface area contributed by atoms with Crippen LogP contribution in [0.25, 0.3) is 0 Å². The van der Waals surface area contributed by atoms with Crippen LogP contribution in [0.4, 0.5) is 19.0 Å². The first-order chi connectivity index (χ1) is 15.0. The number of nitrogens with zero attached hydrogens (tertiary/aromatic N) is 3. The first-order valence-electron chi connectivity index (χ1n) is 10.4. The lowest BCUT2D eigenvalue weighted by atomic mass is 9.69. The molecule has 0 aromatic carbocycles. The molecule has 2 aromatic heterocycles. The van der Waals surface area contributed by atoms with E-state index in [9.17, 15) is 23.2 Å². The minimum absolute atomic E-state index is 0.0331. The van der Waals surface area contributed by atoms with Gasteiger partial charge in [-0.3, -0.25) is 4.79 Å². The molecule has 170 valence electrons. The van der Waals surface area contributed by atoms with Gasteiger partial charge in [0.1, 0.15) is 16.9 Å². The molecule has 0 bridgehead atoms. The molecular formula is C23H25F3N4OS. The normalized spacial score (nSPS) is 16.2. The zero-order chi connectivity index (χ0) is 23.5. The van der Waals surface area contributed by atoms with Crippen LogP contribution in [0.5, 0.6) is 0 Å². The highest BCUT2D eigenvalue weighted by atomic mass is 32.2. The molecule has 2 heterocycles. The van der Waals surface area contributed by atoms with Crippen molar-refractivity contribution in [1.29, 1.82) is 5.26 Å². The van der Waals surface area contributed by atoms with Crippen LogP contribution in [0.15, 0.2) is 29.4 Å². The molecule has 0 radical (unpaired) electrons. The highest BCUT2D eigenvalue weighted by Gasteiger charge is 2.32. The van der Waals surface area contributed by atoms with Gasteiger partial charge in [0, 0.05) is 11.9 Å². The Kier molecular flexibility index (Phi) is 7.13. The maximum atomic E-state index is 12.6. The average Bonchev–Trinajstić information content (AvgIpc) is 2.76. The lowest BCUT2D eigenvalue weighted by Gasteiger charge is -2.37. The zero-order valence-corrected chi connectivity index (χ0v) is 19.0. The smallest absolute Gasteiger partial charge is 0.310 e. The van der Waals surface area contributed by atoms with Crippen molar-refractivity contribution in [3.05, 3.63) is 46.8 Å². The van der Waals surface area contributed by atoms with Crippen LogP contribution < -0.4 is 5.32 Å². The molecule has 0 aliphatic heterocycles. The number of amides is 1. The van der Waals surface area contributed by atoms with E-state index in [-0.39, 0.29) is 17.0 Å². The van der Waals surface area contributed by atoms with Crippen molar-refractivity contribution in [2.45, 2.75) is 57.7 Å². The van der Waals surface area contributed by atoms with Crippen LogP contribution >= 0.6 is 11.8 Å². The third-order valence-electron chi connectivity index (χ3n) is 6.19. The summed E-state index contributed by atoms with van der Waals surface area (Å²) < 4.78 is 37.8. The summed E-state index contributed by atoms with van der Waals surface area (Å²) in [6.45, 7) is 6.74. The Hall–Kier alpha value is -2.60. The van der Waals surface area contributed by atoms with Crippen molar-refractivity contribution in [3.63, 3.8) is 0 Å². The van der Waals surface area contributed by atoms with Gasteiger partial charge in [-0.05, 0) is 54.4 Å². The fourth-order valence-electron chi connectivity index (χ4n) is 3.74. The molecule has 1 N–H and O–H groups in total. The van der Waals surface area contributed by atoms with Crippen molar-refractivity contribution in [2.24, 2.45) is 11.3 Å². The summed E-state index contributed by atoms with van der Waals surface area (Å²) in [7, 11) is 0. The monoisotopic (exact) mass is 462 g/mol. The molecular weight excluding hydrogens is 437 g/mol. The number of nitrogens with one attached hydrogen (secondary N) is 1. The maximum Gasteiger partial charge on any atom is 0.417 e. The molecule has 1 amide bonds. The van der Waals surface area contributed by atoms with Gasteiger partial charge >= 0.3 is 6.18 Å². The van der Waals surface area contributed by atoms with Crippen LogP contribution in [0.2, 0.25) is 0 Å². The fraction of sp³-hybridized carbons (Fsp3) is 0.478. The summed E-state index contributed by atoms with van der Waals surface area (Å²) in [6, 6.07) is 6.03. The number of alkyl halides is 3. The van der Waals surface area contributed by atoms with Gasteiger partial charge in [-0.2, -0.15) is 18.4 Å². The average molecular weight is 463 g/mol. The number of fused-ring (bicyclic) bond motifs is 1. The zero-order valence-electron chi connectivity index (χ0n) is 18.2. The van der Waals surface area contributed by atoms with Gasteiger partial charge < -0.3 is 5.32 Å². The van der Waals surface area contributed by atoms with Gasteiger partial charge in [-0.15, -0.1) is 0 Å². The number of hydrogen-bond donors (Lipinski definition) is 1. The second kappa shape index (κ2) is 9.49. The Morgan fingerprint density at radius 2 is 2.09 bits per heavy atom. The molecule has 0 saturated carbocycles. The quantitative estimate of drug-likeness (QED) is 0.562. The van der Waals surface area contributed by atoms with Crippen molar-refractivity contribution in [2.75, 3.05) is 11.1 Å². The number of carbonyl (C=O) groups excluding carboxylic acids is 1. The van der Waals surface area contributed by atoms with Crippen LogP contribution in [0.1, 0.15) is 56.0 Å². The number of aromatic nitrogens is 2. The molecule has 1 unspecified atom stereocenters. The van der Waals surface area contributed by atoms with Crippen LogP contribution in [0.3, 0.4) is 0 Å². The third kappa shape index (κ3) is 5.60. The molecule has 32 heavy (non-hydrogen) atoms. The molecule has 2 aromatic rings. The highest BCUT2D eigenvalue weighted by molar-refractivity contribution is 8.00. The molecule has 0 spiro atoms. The SMILES string of the molecule is CCC(C)(C)C1CCc2nc(SCC(=O)Nc3ccc(C(F)(F)F)cn3)c(C#N)cc2C1. The van der Waals surface area contributed by atoms with Gasteiger partial charge in [-0.1, -0.05) is 39.0 Å². The highest BCUT2D eigenvalue weighted by Crippen LogP contribution is 2.40. The minimum Gasteiger partial charge on any atom is -0.310 e. The summed E-state index contributed by atoms with van der Waals surface area (Å²) >= 11 is 1.14. The summed E-state index contributed by atoms with van der Waals surface area (Å²) in [5.41, 5.74) is 1.85. The van der Waals surface area contributed by atoms with E-state index in [2.05, 4.69) is 42.1 Å². The number of hydrogen-bond acceptors (Lipinski definition) is 5. The second-order valence-corrected chi connectivity index (χ2v) is 9.57. The van der Waals surface area contributed by atoms with Gasteiger partial charge in [0.2, 0.25) is 5.91 Å². The van der Waals surface area contributed by atoms with Crippen LogP contribution in [0, 0.1) is 22.7 Å². The van der Waals surface area contributed by atoms with E-state index < -0.39 is 17.6 Å². The Labute approximate surface area is 189 Å².